The highest BCUT2D eigenvalue weighted by atomic mass is 35.5. The molecule has 1 aromatic heterocycles. The summed E-state index contributed by atoms with van der Waals surface area (Å²) in [6.45, 7) is 7.51. The molecule has 0 fully saturated rings. The van der Waals surface area contributed by atoms with E-state index < -0.39 is 13.9 Å². The summed E-state index contributed by atoms with van der Waals surface area (Å²) < 4.78 is 11.3. The first-order valence-electron chi connectivity index (χ1n) is 5.07. The van der Waals surface area contributed by atoms with Gasteiger partial charge in [-0.25, -0.2) is 0 Å². The predicted molar refractivity (Wildman–Crippen MR) is 65.7 cm³/mol. The minimum atomic E-state index is -2.02. The Morgan fingerprint density at radius 2 is 2.19 bits per heavy atom. The monoisotopic (exact) mass is 257 g/mol. The van der Waals surface area contributed by atoms with Crippen molar-refractivity contribution in [2.75, 3.05) is 5.50 Å². The molecular weight excluding hydrogens is 242 g/mol. The highest BCUT2D eigenvalue weighted by molar-refractivity contribution is 6.77. The molecule has 1 rings (SSSR count). The average molecular weight is 258 g/mol. The van der Waals surface area contributed by atoms with Gasteiger partial charge < -0.3 is 8.84 Å². The minimum Gasteiger partial charge on any atom is -0.462 e. The maximum absolute atomic E-state index is 9.25. The number of halogens is 1. The van der Waals surface area contributed by atoms with E-state index in [0.717, 1.165) is 5.76 Å². The average Bonchev–Trinajstić information content (AvgIpc) is 2.65. The van der Waals surface area contributed by atoms with Crippen LogP contribution >= 0.6 is 11.6 Å². The molecule has 1 atom stereocenters. The van der Waals surface area contributed by atoms with Crippen LogP contribution in [0.3, 0.4) is 0 Å². The summed E-state index contributed by atoms with van der Waals surface area (Å²) in [5.74, 6) is 1.31. The van der Waals surface area contributed by atoms with Crippen molar-refractivity contribution in [2.45, 2.75) is 32.5 Å². The number of nitriles is 1. The number of furan rings is 1. The highest BCUT2D eigenvalue weighted by Gasteiger charge is 2.38. The van der Waals surface area contributed by atoms with Gasteiger partial charge in [-0.2, -0.15) is 5.26 Å². The molecule has 1 unspecified atom stereocenters. The van der Waals surface area contributed by atoms with Crippen molar-refractivity contribution >= 4 is 19.9 Å². The lowest BCUT2D eigenvalue weighted by Gasteiger charge is -2.29. The molecule has 1 heterocycles. The van der Waals surface area contributed by atoms with E-state index in [-0.39, 0.29) is 0 Å². The van der Waals surface area contributed by atoms with Gasteiger partial charge in [-0.15, -0.1) is 11.6 Å². The van der Waals surface area contributed by atoms with Crippen LogP contribution in [-0.4, -0.2) is 13.8 Å². The smallest absolute Gasteiger partial charge is 0.203 e. The van der Waals surface area contributed by atoms with E-state index in [1.54, 1.807) is 13.0 Å². The molecule has 88 valence electrons. The molecule has 16 heavy (non-hydrogen) atoms. The number of nitrogens with zero attached hydrogens (tertiary/aromatic N) is 1. The largest absolute Gasteiger partial charge is 0.462 e. The Labute approximate surface area is 102 Å². The summed E-state index contributed by atoms with van der Waals surface area (Å²) in [7, 11) is -2.02. The SMILES string of the molecule is Cc1ccc(C(C)(C#N)O[Si](C)(C)CCl)o1. The van der Waals surface area contributed by atoms with Crippen LogP contribution in [0.25, 0.3) is 0 Å². The molecule has 0 aliphatic rings. The number of rotatable bonds is 4. The van der Waals surface area contributed by atoms with Crippen molar-refractivity contribution in [1.82, 2.24) is 0 Å². The molecule has 0 amide bonds. The van der Waals surface area contributed by atoms with Gasteiger partial charge >= 0.3 is 0 Å². The zero-order valence-electron chi connectivity index (χ0n) is 10.0. The van der Waals surface area contributed by atoms with Gasteiger partial charge in [-0.1, -0.05) is 0 Å². The van der Waals surface area contributed by atoms with E-state index in [2.05, 4.69) is 6.07 Å². The second-order valence-electron chi connectivity index (χ2n) is 4.55. The minimum absolute atomic E-state index is 0.448. The highest BCUT2D eigenvalue weighted by Crippen LogP contribution is 2.30. The number of aryl methyl sites for hydroxylation is 1. The van der Waals surface area contributed by atoms with E-state index in [0.29, 0.717) is 11.3 Å². The molecule has 1 aromatic rings. The lowest BCUT2D eigenvalue weighted by atomic mass is 10.1. The summed E-state index contributed by atoms with van der Waals surface area (Å²) in [6, 6.07) is 5.76. The van der Waals surface area contributed by atoms with Gasteiger partial charge in [-0.05, 0) is 39.1 Å². The molecule has 0 N–H and O–H groups in total. The second-order valence-corrected chi connectivity index (χ2v) is 9.34. The van der Waals surface area contributed by atoms with Gasteiger partial charge in [0.2, 0.25) is 8.32 Å². The van der Waals surface area contributed by atoms with Crippen LogP contribution in [0, 0.1) is 18.3 Å². The third-order valence-corrected chi connectivity index (χ3v) is 5.76. The fourth-order valence-electron chi connectivity index (χ4n) is 1.40. The van der Waals surface area contributed by atoms with Crippen LogP contribution in [0.2, 0.25) is 13.1 Å². The quantitative estimate of drug-likeness (QED) is 0.614. The second kappa shape index (κ2) is 4.62. The summed E-state index contributed by atoms with van der Waals surface area (Å²) in [6.07, 6.45) is 0. The predicted octanol–water partition coefficient (Wildman–Crippen LogP) is 3.33. The number of alkyl halides is 1. The van der Waals surface area contributed by atoms with E-state index in [9.17, 15) is 5.26 Å². The normalized spacial score (nSPS) is 15.5. The lowest BCUT2D eigenvalue weighted by Crippen LogP contribution is -2.42. The van der Waals surface area contributed by atoms with Crippen molar-refractivity contribution in [2.24, 2.45) is 0 Å². The molecular formula is C11H16ClNO2Si. The topological polar surface area (TPSA) is 46.2 Å². The first kappa shape index (κ1) is 13.3. The summed E-state index contributed by atoms with van der Waals surface area (Å²) >= 11 is 5.85. The molecule has 0 bridgehead atoms. The van der Waals surface area contributed by atoms with Gasteiger partial charge in [0.1, 0.15) is 17.6 Å². The maximum atomic E-state index is 9.25. The van der Waals surface area contributed by atoms with Crippen LogP contribution in [0.1, 0.15) is 18.4 Å². The standard InChI is InChI=1S/C11H16ClNO2Si/c1-9-5-6-10(14-9)11(2,7-13)15-16(3,4)8-12/h5-6H,8H2,1-4H3. The summed E-state index contributed by atoms with van der Waals surface area (Å²) in [5, 5.41) is 9.25. The zero-order chi connectivity index (χ0) is 12.4. The Kier molecular flexibility index (Phi) is 3.84. The molecule has 0 saturated carbocycles. The van der Waals surface area contributed by atoms with E-state index >= 15 is 0 Å². The van der Waals surface area contributed by atoms with Gasteiger partial charge in [-0.3, -0.25) is 0 Å². The van der Waals surface area contributed by atoms with Crippen LogP contribution in [0.5, 0.6) is 0 Å². The molecule has 0 saturated heterocycles. The first-order chi connectivity index (χ1) is 7.33. The molecule has 0 aromatic carbocycles. The fourth-order valence-corrected chi connectivity index (χ4v) is 2.87. The lowest BCUT2D eigenvalue weighted by molar-refractivity contribution is 0.111. The first-order valence-corrected chi connectivity index (χ1v) is 8.72. The molecule has 0 aliphatic heterocycles. The van der Waals surface area contributed by atoms with Gasteiger partial charge in [0.15, 0.2) is 5.60 Å². The molecule has 0 radical (unpaired) electrons. The molecule has 0 spiro atoms. The summed E-state index contributed by atoms with van der Waals surface area (Å²) in [4.78, 5) is 0. The van der Waals surface area contributed by atoms with Crippen LogP contribution in [0.4, 0.5) is 0 Å². The van der Waals surface area contributed by atoms with Crippen LogP contribution in [-0.2, 0) is 10.0 Å². The van der Waals surface area contributed by atoms with E-state index in [4.69, 9.17) is 20.4 Å². The van der Waals surface area contributed by atoms with Crippen molar-refractivity contribution in [1.29, 1.82) is 5.26 Å². The fraction of sp³-hybridized carbons (Fsp3) is 0.545. The van der Waals surface area contributed by atoms with E-state index in [1.807, 2.05) is 26.1 Å². The third kappa shape index (κ3) is 2.88. The zero-order valence-corrected chi connectivity index (χ0v) is 11.8. The number of hydrogen-bond acceptors (Lipinski definition) is 3. The number of hydrogen-bond donors (Lipinski definition) is 0. The Bertz CT molecular complexity index is 410. The summed E-state index contributed by atoms with van der Waals surface area (Å²) in [5.41, 5.74) is -0.594. The van der Waals surface area contributed by atoms with Gasteiger partial charge in [0.05, 0.1) is 0 Å². The van der Waals surface area contributed by atoms with Crippen molar-refractivity contribution < 1.29 is 8.84 Å². The van der Waals surface area contributed by atoms with Crippen LogP contribution in [0.15, 0.2) is 16.5 Å². The van der Waals surface area contributed by atoms with Crippen LogP contribution < -0.4 is 0 Å². The Morgan fingerprint density at radius 1 is 1.56 bits per heavy atom. The molecule has 0 aliphatic carbocycles. The maximum Gasteiger partial charge on any atom is 0.203 e. The Hall–Kier alpha value is -0.763. The van der Waals surface area contributed by atoms with Crippen molar-refractivity contribution in [3.8, 4) is 6.07 Å². The Balaban J connectivity index is 3.00. The van der Waals surface area contributed by atoms with Gasteiger partial charge in [0.25, 0.3) is 0 Å². The van der Waals surface area contributed by atoms with E-state index in [1.165, 1.54) is 0 Å². The third-order valence-electron chi connectivity index (χ3n) is 2.23. The van der Waals surface area contributed by atoms with Crippen molar-refractivity contribution in [3.63, 3.8) is 0 Å². The molecule has 5 heteroatoms. The molecule has 3 nitrogen and oxygen atoms in total. The Morgan fingerprint density at radius 3 is 2.56 bits per heavy atom. The van der Waals surface area contributed by atoms with Gasteiger partial charge in [0, 0.05) is 5.50 Å². The van der Waals surface area contributed by atoms with Crippen molar-refractivity contribution in [3.05, 3.63) is 23.7 Å².